The van der Waals surface area contributed by atoms with E-state index in [0.29, 0.717) is 22.7 Å². The van der Waals surface area contributed by atoms with Gasteiger partial charge in [0.1, 0.15) is 10.5 Å². The van der Waals surface area contributed by atoms with Crippen LogP contribution in [0.1, 0.15) is 45.4 Å². The standard InChI is InChI=1S/C15H21N3OS/c1-15(2)6-3-4-10(8-15)16-9-12-17-11-5-7-20-13(11)14(19)18-12/h5,7,10,16H,3-4,6,8-9H2,1-2H3,(H,17,18,19). The molecule has 0 radical (unpaired) electrons. The third-order valence-corrected chi connectivity index (χ3v) is 5.03. The van der Waals surface area contributed by atoms with E-state index in [9.17, 15) is 4.79 Å². The summed E-state index contributed by atoms with van der Waals surface area (Å²) in [4.78, 5) is 19.3. The van der Waals surface area contributed by atoms with E-state index in [1.807, 2.05) is 11.4 Å². The summed E-state index contributed by atoms with van der Waals surface area (Å²) in [6.45, 7) is 5.30. The first kappa shape index (κ1) is 13.8. The van der Waals surface area contributed by atoms with Crippen molar-refractivity contribution in [2.24, 2.45) is 5.41 Å². The second kappa shape index (κ2) is 5.30. The normalized spacial score (nSPS) is 22.2. The number of fused-ring (bicyclic) bond motifs is 1. The highest BCUT2D eigenvalue weighted by Gasteiger charge is 2.27. The van der Waals surface area contributed by atoms with E-state index in [1.54, 1.807) is 0 Å². The Labute approximate surface area is 122 Å². The maximum Gasteiger partial charge on any atom is 0.268 e. The first-order valence-electron chi connectivity index (χ1n) is 7.23. The highest BCUT2D eigenvalue weighted by Crippen LogP contribution is 2.35. The summed E-state index contributed by atoms with van der Waals surface area (Å²) in [6, 6.07) is 2.44. The molecule has 1 unspecified atom stereocenters. The van der Waals surface area contributed by atoms with E-state index < -0.39 is 0 Å². The number of hydrogen-bond donors (Lipinski definition) is 2. The fourth-order valence-electron chi connectivity index (χ4n) is 3.12. The van der Waals surface area contributed by atoms with E-state index in [4.69, 9.17) is 0 Å². The van der Waals surface area contributed by atoms with Crippen molar-refractivity contribution < 1.29 is 0 Å². The highest BCUT2D eigenvalue weighted by molar-refractivity contribution is 7.17. The minimum absolute atomic E-state index is 0.0224. The third-order valence-electron chi connectivity index (χ3n) is 4.13. The van der Waals surface area contributed by atoms with Gasteiger partial charge in [-0.3, -0.25) is 4.79 Å². The Morgan fingerprint density at radius 2 is 2.40 bits per heavy atom. The van der Waals surface area contributed by atoms with Crippen LogP contribution in [0.4, 0.5) is 0 Å². The van der Waals surface area contributed by atoms with Crippen molar-refractivity contribution >= 4 is 21.6 Å². The van der Waals surface area contributed by atoms with Crippen LogP contribution in [-0.2, 0) is 6.54 Å². The van der Waals surface area contributed by atoms with Crippen LogP contribution < -0.4 is 10.9 Å². The van der Waals surface area contributed by atoms with E-state index >= 15 is 0 Å². The maximum atomic E-state index is 11.9. The van der Waals surface area contributed by atoms with E-state index in [-0.39, 0.29) is 5.56 Å². The van der Waals surface area contributed by atoms with Crippen molar-refractivity contribution in [3.8, 4) is 0 Å². The van der Waals surface area contributed by atoms with Crippen LogP contribution in [0.25, 0.3) is 10.2 Å². The minimum Gasteiger partial charge on any atom is -0.308 e. The monoisotopic (exact) mass is 291 g/mol. The molecule has 1 saturated carbocycles. The second-order valence-corrected chi connectivity index (χ2v) is 7.40. The number of rotatable bonds is 3. The SMILES string of the molecule is CC1(C)CCCC(NCc2nc3ccsc3c(=O)[nH]2)C1. The Morgan fingerprint density at radius 1 is 1.55 bits per heavy atom. The van der Waals surface area contributed by atoms with Crippen molar-refractivity contribution in [3.05, 3.63) is 27.6 Å². The van der Waals surface area contributed by atoms with Crippen molar-refractivity contribution in [1.82, 2.24) is 15.3 Å². The van der Waals surface area contributed by atoms with Gasteiger partial charge >= 0.3 is 0 Å². The fourth-order valence-corrected chi connectivity index (χ4v) is 3.84. The summed E-state index contributed by atoms with van der Waals surface area (Å²) in [6.07, 6.45) is 4.99. The molecule has 0 aliphatic heterocycles. The van der Waals surface area contributed by atoms with Gasteiger partial charge in [0, 0.05) is 6.04 Å². The smallest absolute Gasteiger partial charge is 0.268 e. The van der Waals surface area contributed by atoms with Gasteiger partial charge in [0.15, 0.2) is 0 Å². The molecule has 2 N–H and O–H groups in total. The van der Waals surface area contributed by atoms with Crippen molar-refractivity contribution in [3.63, 3.8) is 0 Å². The first-order valence-corrected chi connectivity index (χ1v) is 8.11. The Bertz CT molecular complexity index is 658. The summed E-state index contributed by atoms with van der Waals surface area (Å²) < 4.78 is 0.715. The molecule has 1 aliphatic rings. The quantitative estimate of drug-likeness (QED) is 0.914. The molecule has 1 aliphatic carbocycles. The molecular weight excluding hydrogens is 270 g/mol. The molecule has 4 nitrogen and oxygen atoms in total. The van der Waals surface area contributed by atoms with Gasteiger partial charge in [-0.1, -0.05) is 20.3 Å². The molecule has 2 aromatic rings. The van der Waals surface area contributed by atoms with E-state index in [1.165, 1.54) is 37.0 Å². The van der Waals surface area contributed by atoms with Crippen LogP contribution in [0.3, 0.4) is 0 Å². The molecule has 20 heavy (non-hydrogen) atoms. The predicted octanol–water partition coefficient (Wildman–Crippen LogP) is 3.04. The number of aromatic amines is 1. The Hall–Kier alpha value is -1.20. The zero-order valence-electron chi connectivity index (χ0n) is 12.0. The Kier molecular flexibility index (Phi) is 3.65. The molecule has 0 saturated heterocycles. The van der Waals surface area contributed by atoms with Crippen LogP contribution in [0.15, 0.2) is 16.2 Å². The highest BCUT2D eigenvalue weighted by atomic mass is 32.1. The van der Waals surface area contributed by atoms with Gasteiger partial charge in [-0.25, -0.2) is 4.98 Å². The number of hydrogen-bond acceptors (Lipinski definition) is 4. The lowest BCUT2D eigenvalue weighted by Gasteiger charge is -2.35. The molecule has 2 heterocycles. The molecule has 0 bridgehead atoms. The third kappa shape index (κ3) is 2.94. The predicted molar refractivity (Wildman–Crippen MR) is 83.1 cm³/mol. The van der Waals surface area contributed by atoms with Crippen LogP contribution >= 0.6 is 11.3 Å². The van der Waals surface area contributed by atoms with Gasteiger partial charge in [-0.05, 0) is 36.1 Å². The van der Waals surface area contributed by atoms with Crippen molar-refractivity contribution in [2.75, 3.05) is 0 Å². The number of nitrogens with zero attached hydrogens (tertiary/aromatic N) is 1. The molecule has 0 spiro atoms. The van der Waals surface area contributed by atoms with Crippen LogP contribution in [-0.4, -0.2) is 16.0 Å². The van der Waals surface area contributed by atoms with Gasteiger partial charge in [0.05, 0.1) is 12.1 Å². The summed E-state index contributed by atoms with van der Waals surface area (Å²) >= 11 is 1.44. The van der Waals surface area contributed by atoms with Crippen molar-refractivity contribution in [1.29, 1.82) is 0 Å². The van der Waals surface area contributed by atoms with Crippen LogP contribution in [0.5, 0.6) is 0 Å². The minimum atomic E-state index is -0.0224. The molecule has 3 rings (SSSR count). The first-order chi connectivity index (χ1) is 9.53. The molecule has 1 fully saturated rings. The molecule has 108 valence electrons. The molecule has 0 amide bonds. The summed E-state index contributed by atoms with van der Waals surface area (Å²) in [5.74, 6) is 0.740. The number of aromatic nitrogens is 2. The van der Waals surface area contributed by atoms with Gasteiger partial charge in [-0.2, -0.15) is 0 Å². The summed E-state index contributed by atoms with van der Waals surface area (Å²) in [5.41, 5.74) is 1.21. The van der Waals surface area contributed by atoms with Crippen molar-refractivity contribution in [2.45, 2.75) is 52.1 Å². The van der Waals surface area contributed by atoms with Crippen LogP contribution in [0.2, 0.25) is 0 Å². The average Bonchev–Trinajstić information content (AvgIpc) is 2.84. The van der Waals surface area contributed by atoms with E-state index in [2.05, 4.69) is 29.1 Å². The topological polar surface area (TPSA) is 57.8 Å². The lowest BCUT2D eigenvalue weighted by molar-refractivity contribution is 0.197. The zero-order valence-corrected chi connectivity index (χ0v) is 12.8. The molecule has 1 atom stereocenters. The molecule has 5 heteroatoms. The molecule has 0 aromatic carbocycles. The van der Waals surface area contributed by atoms with Crippen LogP contribution in [0, 0.1) is 5.41 Å². The second-order valence-electron chi connectivity index (χ2n) is 6.49. The number of thiophene rings is 1. The summed E-state index contributed by atoms with van der Waals surface area (Å²) in [7, 11) is 0. The molecule has 2 aromatic heterocycles. The van der Waals surface area contributed by atoms with Gasteiger partial charge in [0.2, 0.25) is 0 Å². The fraction of sp³-hybridized carbons (Fsp3) is 0.600. The average molecular weight is 291 g/mol. The van der Waals surface area contributed by atoms with Gasteiger partial charge < -0.3 is 10.3 Å². The lowest BCUT2D eigenvalue weighted by atomic mass is 9.75. The Morgan fingerprint density at radius 3 is 3.20 bits per heavy atom. The summed E-state index contributed by atoms with van der Waals surface area (Å²) in [5, 5.41) is 5.46. The Balaban J connectivity index is 1.69. The maximum absolute atomic E-state index is 11.9. The molecular formula is C15H21N3OS. The zero-order chi connectivity index (χ0) is 14.2. The number of H-pyrrole nitrogens is 1. The lowest BCUT2D eigenvalue weighted by Crippen LogP contribution is -2.37. The van der Waals surface area contributed by atoms with Gasteiger partial charge in [-0.15, -0.1) is 11.3 Å². The van der Waals surface area contributed by atoms with E-state index in [0.717, 1.165) is 11.3 Å². The number of nitrogens with one attached hydrogen (secondary N) is 2. The van der Waals surface area contributed by atoms with Gasteiger partial charge in [0.25, 0.3) is 5.56 Å². The largest absolute Gasteiger partial charge is 0.308 e.